The topological polar surface area (TPSA) is 6.48 Å². The normalized spacial score (nSPS) is 20.2. The van der Waals surface area contributed by atoms with Crippen LogP contribution in [-0.4, -0.2) is 48.1 Å². The zero-order valence-corrected chi connectivity index (χ0v) is 11.8. The van der Waals surface area contributed by atoms with Crippen molar-refractivity contribution in [1.29, 1.82) is 0 Å². The molecule has 0 aromatic rings. The Hall–Kier alpha value is -0.0800. The molecule has 1 aliphatic heterocycles. The highest BCUT2D eigenvalue weighted by molar-refractivity contribution is 4.85. The van der Waals surface area contributed by atoms with Gasteiger partial charge in [-0.25, -0.2) is 0 Å². The second kappa shape index (κ2) is 6.61. The van der Waals surface area contributed by atoms with Crippen molar-refractivity contribution < 1.29 is 0 Å². The van der Waals surface area contributed by atoms with Gasteiger partial charge >= 0.3 is 0 Å². The first kappa shape index (κ1) is 14.0. The molecule has 0 saturated carbocycles. The monoisotopic (exact) mass is 226 g/mol. The Labute approximate surface area is 102 Å². The number of hydrogen-bond acceptors (Lipinski definition) is 2. The molecule has 1 heterocycles. The average Bonchev–Trinajstić information content (AvgIpc) is 2.27. The van der Waals surface area contributed by atoms with Gasteiger partial charge in [0, 0.05) is 31.7 Å². The lowest BCUT2D eigenvalue weighted by Gasteiger charge is -2.44. The van der Waals surface area contributed by atoms with Gasteiger partial charge in [0.05, 0.1) is 0 Å². The van der Waals surface area contributed by atoms with E-state index in [1.54, 1.807) is 0 Å². The first-order chi connectivity index (χ1) is 7.60. The van der Waals surface area contributed by atoms with Gasteiger partial charge in [-0.1, -0.05) is 26.7 Å². The third-order valence-electron chi connectivity index (χ3n) is 3.92. The van der Waals surface area contributed by atoms with Crippen molar-refractivity contribution in [3.8, 4) is 0 Å². The van der Waals surface area contributed by atoms with Crippen molar-refractivity contribution in [2.75, 3.05) is 32.7 Å². The Morgan fingerprint density at radius 2 is 1.56 bits per heavy atom. The van der Waals surface area contributed by atoms with Crippen LogP contribution in [0.3, 0.4) is 0 Å². The summed E-state index contributed by atoms with van der Waals surface area (Å²) in [6.07, 6.45) is 5.30. The maximum Gasteiger partial charge on any atom is 0.0154 e. The summed E-state index contributed by atoms with van der Waals surface area (Å²) in [5.41, 5.74) is 0.408. The molecule has 0 bridgehead atoms. The van der Waals surface area contributed by atoms with Crippen molar-refractivity contribution in [3.05, 3.63) is 0 Å². The Kier molecular flexibility index (Phi) is 5.77. The van der Waals surface area contributed by atoms with Gasteiger partial charge in [-0.2, -0.15) is 0 Å². The fourth-order valence-corrected chi connectivity index (χ4v) is 2.73. The van der Waals surface area contributed by atoms with Crippen molar-refractivity contribution in [3.63, 3.8) is 0 Å². The molecule has 1 aliphatic rings. The molecule has 0 aliphatic carbocycles. The maximum atomic E-state index is 2.68. The van der Waals surface area contributed by atoms with Gasteiger partial charge in [-0.3, -0.25) is 4.90 Å². The van der Waals surface area contributed by atoms with E-state index >= 15 is 0 Å². The largest absolute Gasteiger partial charge is 0.301 e. The van der Waals surface area contributed by atoms with Crippen LogP contribution in [0.1, 0.15) is 53.4 Å². The minimum atomic E-state index is 0.408. The lowest BCUT2D eigenvalue weighted by molar-refractivity contribution is 0.0464. The summed E-state index contributed by atoms with van der Waals surface area (Å²) >= 11 is 0. The van der Waals surface area contributed by atoms with Gasteiger partial charge in [-0.05, 0) is 33.2 Å². The first-order valence-corrected chi connectivity index (χ1v) is 7.07. The molecule has 0 unspecified atom stereocenters. The second-order valence-corrected chi connectivity index (χ2v) is 5.74. The molecule has 1 rings (SSSR count). The second-order valence-electron chi connectivity index (χ2n) is 5.74. The molecule has 1 fully saturated rings. The van der Waals surface area contributed by atoms with Crippen LogP contribution in [0.5, 0.6) is 0 Å². The lowest BCUT2D eigenvalue weighted by atomic mass is 9.95. The zero-order valence-electron chi connectivity index (χ0n) is 11.8. The van der Waals surface area contributed by atoms with Crippen LogP contribution in [0.4, 0.5) is 0 Å². The summed E-state index contributed by atoms with van der Waals surface area (Å²) in [7, 11) is 0. The van der Waals surface area contributed by atoms with Gasteiger partial charge in [0.2, 0.25) is 0 Å². The number of nitrogens with zero attached hydrogens (tertiary/aromatic N) is 2. The standard InChI is InChI=1S/C14H30N2/c1-5-7-9-15-10-12-16(13-11-15)14(3,4)8-6-2/h5-13H2,1-4H3. The Morgan fingerprint density at radius 3 is 2.06 bits per heavy atom. The van der Waals surface area contributed by atoms with Gasteiger partial charge in [0.15, 0.2) is 0 Å². The fourth-order valence-electron chi connectivity index (χ4n) is 2.73. The summed E-state index contributed by atoms with van der Waals surface area (Å²) in [6.45, 7) is 15.7. The summed E-state index contributed by atoms with van der Waals surface area (Å²) in [4.78, 5) is 5.31. The van der Waals surface area contributed by atoms with E-state index in [9.17, 15) is 0 Å². The molecule has 0 amide bonds. The Morgan fingerprint density at radius 1 is 0.938 bits per heavy atom. The van der Waals surface area contributed by atoms with Crippen LogP contribution in [0.15, 0.2) is 0 Å². The van der Waals surface area contributed by atoms with E-state index in [1.165, 1.54) is 58.4 Å². The average molecular weight is 226 g/mol. The smallest absolute Gasteiger partial charge is 0.0154 e. The van der Waals surface area contributed by atoms with Gasteiger partial charge in [0.1, 0.15) is 0 Å². The molecule has 16 heavy (non-hydrogen) atoms. The number of hydrogen-bond donors (Lipinski definition) is 0. The van der Waals surface area contributed by atoms with E-state index < -0.39 is 0 Å². The predicted molar refractivity (Wildman–Crippen MR) is 71.9 cm³/mol. The zero-order chi connectivity index (χ0) is 12.0. The Balaban J connectivity index is 2.30. The van der Waals surface area contributed by atoms with Crippen molar-refractivity contribution in [1.82, 2.24) is 9.80 Å². The molecule has 1 saturated heterocycles. The fraction of sp³-hybridized carbons (Fsp3) is 1.00. The molecule has 0 aromatic carbocycles. The highest BCUT2D eigenvalue weighted by atomic mass is 15.3. The summed E-state index contributed by atoms with van der Waals surface area (Å²) in [6, 6.07) is 0. The van der Waals surface area contributed by atoms with Crippen LogP contribution >= 0.6 is 0 Å². The number of piperazine rings is 1. The molecule has 0 aromatic heterocycles. The maximum absolute atomic E-state index is 2.68. The first-order valence-electron chi connectivity index (χ1n) is 7.07. The van der Waals surface area contributed by atoms with Gasteiger partial charge in [0.25, 0.3) is 0 Å². The van der Waals surface area contributed by atoms with Crippen LogP contribution < -0.4 is 0 Å². The van der Waals surface area contributed by atoms with Crippen LogP contribution in [0.2, 0.25) is 0 Å². The van der Waals surface area contributed by atoms with E-state index in [-0.39, 0.29) is 0 Å². The van der Waals surface area contributed by atoms with E-state index in [2.05, 4.69) is 37.5 Å². The molecule has 96 valence electrons. The van der Waals surface area contributed by atoms with Crippen LogP contribution in [0, 0.1) is 0 Å². The van der Waals surface area contributed by atoms with E-state index in [4.69, 9.17) is 0 Å². The quantitative estimate of drug-likeness (QED) is 0.687. The molecule has 0 N–H and O–H groups in total. The van der Waals surface area contributed by atoms with E-state index in [0.29, 0.717) is 5.54 Å². The summed E-state index contributed by atoms with van der Waals surface area (Å²) in [5.74, 6) is 0. The molecule has 0 radical (unpaired) electrons. The van der Waals surface area contributed by atoms with Crippen molar-refractivity contribution in [2.45, 2.75) is 58.9 Å². The van der Waals surface area contributed by atoms with Gasteiger partial charge in [-0.15, -0.1) is 0 Å². The van der Waals surface area contributed by atoms with E-state index in [1.807, 2.05) is 0 Å². The number of unbranched alkanes of at least 4 members (excludes halogenated alkanes) is 1. The SMILES string of the molecule is CCCCN1CCN(C(C)(C)CCC)CC1. The van der Waals surface area contributed by atoms with Crippen LogP contribution in [0.25, 0.3) is 0 Å². The molecular formula is C14H30N2. The molecule has 2 heteroatoms. The molecule has 0 spiro atoms. The summed E-state index contributed by atoms with van der Waals surface area (Å²) < 4.78 is 0. The predicted octanol–water partition coefficient (Wildman–Crippen LogP) is 2.98. The highest BCUT2D eigenvalue weighted by Crippen LogP contribution is 2.22. The lowest BCUT2D eigenvalue weighted by Crippen LogP contribution is -2.54. The minimum Gasteiger partial charge on any atom is -0.301 e. The third-order valence-corrected chi connectivity index (χ3v) is 3.92. The molecule has 0 atom stereocenters. The number of rotatable bonds is 6. The minimum absolute atomic E-state index is 0.408. The highest BCUT2D eigenvalue weighted by Gasteiger charge is 2.28. The molecule has 2 nitrogen and oxygen atoms in total. The van der Waals surface area contributed by atoms with Crippen LogP contribution in [-0.2, 0) is 0 Å². The van der Waals surface area contributed by atoms with E-state index in [0.717, 1.165) is 0 Å². The Bertz CT molecular complexity index is 181. The van der Waals surface area contributed by atoms with Crippen molar-refractivity contribution >= 4 is 0 Å². The van der Waals surface area contributed by atoms with Gasteiger partial charge < -0.3 is 4.90 Å². The van der Waals surface area contributed by atoms with Crippen molar-refractivity contribution in [2.24, 2.45) is 0 Å². The third kappa shape index (κ3) is 4.06. The molecular weight excluding hydrogens is 196 g/mol. The summed E-state index contributed by atoms with van der Waals surface area (Å²) in [5, 5.41) is 0.